The highest BCUT2D eigenvalue weighted by atomic mass is 32.2. The molecule has 1 aromatic rings. The minimum Gasteiger partial charge on any atom is -0.130 e. The van der Waals surface area contributed by atoms with E-state index in [-0.39, 0.29) is 0 Å². The van der Waals surface area contributed by atoms with Crippen LogP contribution in [-0.4, -0.2) is 6.26 Å². The summed E-state index contributed by atoms with van der Waals surface area (Å²) in [5.41, 5.74) is 1.34. The van der Waals surface area contributed by atoms with E-state index in [1.165, 1.54) is 15.8 Å². The molecule has 0 nitrogen and oxygen atoms in total. The minimum absolute atomic E-state index is 1.30. The van der Waals surface area contributed by atoms with Gasteiger partial charge in [0, 0.05) is 4.90 Å². The molecule has 0 aliphatic carbocycles. The third-order valence-corrected chi connectivity index (χ3v) is 2.83. The van der Waals surface area contributed by atoms with E-state index in [4.69, 9.17) is 0 Å². The van der Waals surface area contributed by atoms with Crippen molar-refractivity contribution in [3.8, 4) is 0 Å². The lowest BCUT2D eigenvalue weighted by Gasteiger charge is -2.00. The van der Waals surface area contributed by atoms with Crippen molar-refractivity contribution >= 4 is 26.3 Å². The minimum atomic E-state index is 1.30. The summed E-state index contributed by atoms with van der Waals surface area (Å²) < 4.78 is 0. The highest BCUT2D eigenvalue weighted by Crippen LogP contribution is 2.14. The molecule has 10 heavy (non-hydrogen) atoms. The monoisotopic (exact) mass is 170 g/mol. The number of aryl methyl sites for hydroxylation is 1. The average Bonchev–Trinajstić information content (AvgIpc) is 1.95. The highest BCUT2D eigenvalue weighted by Gasteiger charge is 1.92. The standard InChI is InChI=1S/C8H11PS/c1-6-3-4-7(10-2)5-8(6)9/h3-5H,9H2,1-2H3. The van der Waals surface area contributed by atoms with Gasteiger partial charge < -0.3 is 0 Å². The van der Waals surface area contributed by atoms with E-state index in [2.05, 4.69) is 40.6 Å². The predicted molar refractivity (Wildman–Crippen MR) is 52.3 cm³/mol. The predicted octanol–water partition coefficient (Wildman–Crippen LogP) is 2.22. The summed E-state index contributed by atoms with van der Waals surface area (Å²) in [6, 6.07) is 6.48. The molecule has 1 rings (SSSR count). The van der Waals surface area contributed by atoms with Gasteiger partial charge in [-0.15, -0.1) is 21.0 Å². The van der Waals surface area contributed by atoms with Crippen molar-refractivity contribution in [1.82, 2.24) is 0 Å². The molecule has 0 radical (unpaired) electrons. The van der Waals surface area contributed by atoms with Gasteiger partial charge in [-0.1, -0.05) is 6.07 Å². The van der Waals surface area contributed by atoms with Crippen molar-refractivity contribution in [3.63, 3.8) is 0 Å². The third kappa shape index (κ3) is 1.74. The van der Waals surface area contributed by atoms with Crippen LogP contribution in [0.5, 0.6) is 0 Å². The third-order valence-electron chi connectivity index (χ3n) is 1.49. The fourth-order valence-corrected chi connectivity index (χ4v) is 1.59. The second-order valence-electron chi connectivity index (χ2n) is 2.22. The summed E-state index contributed by atoms with van der Waals surface area (Å²) in [4.78, 5) is 1.33. The summed E-state index contributed by atoms with van der Waals surface area (Å²) >= 11 is 1.78. The van der Waals surface area contributed by atoms with Crippen molar-refractivity contribution < 1.29 is 0 Å². The van der Waals surface area contributed by atoms with E-state index in [9.17, 15) is 0 Å². The van der Waals surface area contributed by atoms with E-state index in [1.807, 2.05) is 0 Å². The lowest BCUT2D eigenvalue weighted by Crippen LogP contribution is -1.95. The molecule has 0 saturated carbocycles. The van der Waals surface area contributed by atoms with Gasteiger partial charge in [0.15, 0.2) is 0 Å². The molecule has 1 aromatic carbocycles. The Labute approximate surface area is 68.6 Å². The summed E-state index contributed by atoms with van der Waals surface area (Å²) in [5.74, 6) is 0. The molecule has 0 spiro atoms. The quantitative estimate of drug-likeness (QED) is 0.460. The maximum Gasteiger partial charge on any atom is 0.00754 e. The van der Waals surface area contributed by atoms with Crippen LogP contribution in [0.1, 0.15) is 5.56 Å². The van der Waals surface area contributed by atoms with Gasteiger partial charge in [0.2, 0.25) is 0 Å². The normalized spacial score (nSPS) is 9.90. The molecule has 0 bridgehead atoms. The van der Waals surface area contributed by atoms with Crippen molar-refractivity contribution in [3.05, 3.63) is 23.8 Å². The van der Waals surface area contributed by atoms with Crippen LogP contribution in [0, 0.1) is 6.92 Å². The fraction of sp³-hybridized carbons (Fsp3) is 0.250. The number of thioether (sulfide) groups is 1. The van der Waals surface area contributed by atoms with Crippen LogP contribution in [0.15, 0.2) is 23.1 Å². The highest BCUT2D eigenvalue weighted by molar-refractivity contribution is 7.98. The smallest absolute Gasteiger partial charge is 0.00754 e. The van der Waals surface area contributed by atoms with E-state index in [0.717, 1.165) is 0 Å². The maximum atomic E-state index is 2.74. The number of hydrogen-bond acceptors (Lipinski definition) is 1. The van der Waals surface area contributed by atoms with Crippen molar-refractivity contribution in [1.29, 1.82) is 0 Å². The molecule has 0 amide bonds. The first-order chi connectivity index (χ1) is 4.74. The van der Waals surface area contributed by atoms with Gasteiger partial charge >= 0.3 is 0 Å². The molecule has 1 atom stereocenters. The number of hydrogen-bond donors (Lipinski definition) is 0. The first kappa shape index (κ1) is 8.10. The lowest BCUT2D eigenvalue weighted by molar-refractivity contribution is 1.42. The Balaban J connectivity index is 3.04. The van der Waals surface area contributed by atoms with Gasteiger partial charge in [-0.25, -0.2) is 0 Å². The first-order valence-corrected chi connectivity index (χ1v) is 4.94. The Hall–Kier alpha value is -0.0000000000000000555. The Morgan fingerprint density at radius 3 is 2.60 bits per heavy atom. The van der Waals surface area contributed by atoms with Crippen LogP contribution < -0.4 is 5.30 Å². The van der Waals surface area contributed by atoms with Crippen LogP contribution in [0.25, 0.3) is 0 Å². The van der Waals surface area contributed by atoms with E-state index >= 15 is 0 Å². The van der Waals surface area contributed by atoms with Crippen LogP contribution in [0.2, 0.25) is 0 Å². The average molecular weight is 170 g/mol. The van der Waals surface area contributed by atoms with Gasteiger partial charge in [-0.05, 0) is 36.2 Å². The van der Waals surface area contributed by atoms with E-state index in [1.54, 1.807) is 11.8 Å². The Kier molecular flexibility index (Phi) is 2.76. The summed E-state index contributed by atoms with van der Waals surface area (Å²) in [6.45, 7) is 2.12. The Bertz CT molecular complexity index is 233. The second kappa shape index (κ2) is 3.41. The van der Waals surface area contributed by atoms with Crippen LogP contribution >= 0.6 is 21.0 Å². The largest absolute Gasteiger partial charge is 0.130 e. The summed E-state index contributed by atoms with van der Waals surface area (Å²) in [7, 11) is 2.74. The molecule has 0 heterocycles. The van der Waals surface area contributed by atoms with E-state index < -0.39 is 0 Å². The number of rotatable bonds is 1. The van der Waals surface area contributed by atoms with Crippen molar-refractivity contribution in [2.45, 2.75) is 11.8 Å². The zero-order chi connectivity index (χ0) is 7.56. The molecule has 0 aliphatic heterocycles. The molecular weight excluding hydrogens is 159 g/mol. The summed E-state index contributed by atoms with van der Waals surface area (Å²) in [5, 5.41) is 1.30. The van der Waals surface area contributed by atoms with Gasteiger partial charge in [0.05, 0.1) is 0 Å². The molecule has 1 unspecified atom stereocenters. The van der Waals surface area contributed by atoms with Crippen LogP contribution in [0.3, 0.4) is 0 Å². The van der Waals surface area contributed by atoms with Crippen LogP contribution in [0.4, 0.5) is 0 Å². The molecule has 0 N–H and O–H groups in total. The topological polar surface area (TPSA) is 0 Å². The molecule has 54 valence electrons. The molecule has 0 aliphatic rings. The van der Waals surface area contributed by atoms with Crippen molar-refractivity contribution in [2.24, 2.45) is 0 Å². The number of benzene rings is 1. The first-order valence-electron chi connectivity index (χ1n) is 3.14. The van der Waals surface area contributed by atoms with Crippen LogP contribution in [-0.2, 0) is 0 Å². The zero-order valence-corrected chi connectivity index (χ0v) is 8.19. The molecule has 0 fully saturated rings. The van der Waals surface area contributed by atoms with Crippen molar-refractivity contribution in [2.75, 3.05) is 6.26 Å². The molecule has 2 heteroatoms. The zero-order valence-electron chi connectivity index (χ0n) is 6.22. The molecule has 0 saturated heterocycles. The maximum absolute atomic E-state index is 2.74. The second-order valence-corrected chi connectivity index (χ2v) is 3.72. The SMILES string of the molecule is CSc1ccc(C)c(P)c1. The molecule has 0 aromatic heterocycles. The molecular formula is C8H11PS. The van der Waals surface area contributed by atoms with Gasteiger partial charge in [0.1, 0.15) is 0 Å². The van der Waals surface area contributed by atoms with E-state index in [0.29, 0.717) is 0 Å². The fourth-order valence-electron chi connectivity index (χ4n) is 0.746. The van der Waals surface area contributed by atoms with Gasteiger partial charge in [-0.2, -0.15) is 0 Å². The summed E-state index contributed by atoms with van der Waals surface area (Å²) in [6.07, 6.45) is 2.09. The Morgan fingerprint density at radius 2 is 2.10 bits per heavy atom. The lowest BCUT2D eigenvalue weighted by atomic mass is 10.2. The van der Waals surface area contributed by atoms with Gasteiger partial charge in [0.25, 0.3) is 0 Å². The Morgan fingerprint density at radius 1 is 1.40 bits per heavy atom. The van der Waals surface area contributed by atoms with Gasteiger partial charge in [-0.3, -0.25) is 0 Å².